The van der Waals surface area contributed by atoms with Crippen LogP contribution in [0.25, 0.3) is 0 Å². The molecule has 0 unspecified atom stereocenters. The fourth-order valence-corrected chi connectivity index (χ4v) is 2.21. The minimum Gasteiger partial charge on any atom is -0.409 e. The molecule has 0 bridgehead atoms. The van der Waals surface area contributed by atoms with E-state index in [-0.39, 0.29) is 40.9 Å². The van der Waals surface area contributed by atoms with E-state index in [1.807, 2.05) is 0 Å². The molecule has 1 aromatic carbocycles. The van der Waals surface area contributed by atoms with Gasteiger partial charge in [-0.05, 0) is 44.4 Å². The lowest BCUT2D eigenvalue weighted by Gasteiger charge is -2.09. The largest absolute Gasteiger partial charge is 0.409 e. The first-order chi connectivity index (χ1) is 12.9. The number of urea groups is 1. The van der Waals surface area contributed by atoms with Crippen LogP contribution < -0.4 is 27.4 Å². The van der Waals surface area contributed by atoms with Gasteiger partial charge < -0.3 is 32.6 Å². The van der Waals surface area contributed by atoms with Crippen molar-refractivity contribution in [2.45, 2.75) is 0 Å². The quantitative estimate of drug-likeness (QED) is 0.122. The summed E-state index contributed by atoms with van der Waals surface area (Å²) in [5.41, 5.74) is 10.8. The van der Waals surface area contributed by atoms with E-state index < -0.39 is 11.8 Å². The van der Waals surface area contributed by atoms with Crippen molar-refractivity contribution < 1.29 is 19.0 Å². The maximum atomic E-state index is 13.3. The van der Waals surface area contributed by atoms with E-state index in [2.05, 4.69) is 57.0 Å². The second-order valence-electron chi connectivity index (χ2n) is 4.85. The highest BCUT2D eigenvalue weighted by Crippen LogP contribution is 2.21. The smallest absolute Gasteiger partial charge is 0.341 e. The molecule has 14 heteroatoms. The molecule has 0 radical (unpaired) electrons. The number of rotatable bonds is 6. The van der Waals surface area contributed by atoms with Gasteiger partial charge in [-0.15, -0.1) is 0 Å². The minimum atomic E-state index is -0.918. The molecule has 0 fully saturated rings. The molecule has 0 spiro atoms. The predicted molar refractivity (Wildman–Crippen MR) is 98.0 cm³/mol. The molecular formula is C13H15BrFN9O3. The standard InChI is InChI=1S/C13H15BrFN9O3/c14-7-5-6(1-2-8(7)15)20-11(22-26)9-10(24-27-23-9)18-3-4-19-12(16)21-13(17)25/h1-2,5,26H,3-4H2,(H,18,24)(H,20,22)(H5,16,17,19,21,25). The number of aliphatic imine (C=N–C) groups is 1. The number of anilines is 2. The molecule has 2 rings (SSSR count). The molecule has 0 atom stereocenters. The van der Waals surface area contributed by atoms with Crippen LogP contribution in [-0.4, -0.2) is 46.4 Å². The van der Waals surface area contributed by atoms with Gasteiger partial charge in [-0.25, -0.2) is 13.8 Å². The Balaban J connectivity index is 1.99. The van der Waals surface area contributed by atoms with E-state index in [9.17, 15) is 14.4 Å². The molecule has 0 saturated heterocycles. The fourth-order valence-electron chi connectivity index (χ4n) is 1.83. The van der Waals surface area contributed by atoms with Crippen molar-refractivity contribution in [2.24, 2.45) is 21.6 Å². The van der Waals surface area contributed by atoms with Gasteiger partial charge in [-0.2, -0.15) is 4.99 Å². The first kappa shape index (κ1) is 19.9. The first-order valence-electron chi connectivity index (χ1n) is 7.29. The Hall–Kier alpha value is -3.42. The highest BCUT2D eigenvalue weighted by Gasteiger charge is 2.17. The summed E-state index contributed by atoms with van der Waals surface area (Å²) >= 11 is 3.06. The second kappa shape index (κ2) is 9.33. The number of amidine groups is 1. The molecule has 0 aliphatic rings. The van der Waals surface area contributed by atoms with Gasteiger partial charge in [0.05, 0.1) is 4.47 Å². The zero-order valence-electron chi connectivity index (χ0n) is 13.6. The lowest BCUT2D eigenvalue weighted by molar-refractivity contribution is 0.256. The van der Waals surface area contributed by atoms with Crippen LogP contribution in [-0.2, 0) is 0 Å². The van der Waals surface area contributed by atoms with Gasteiger partial charge >= 0.3 is 6.03 Å². The third kappa shape index (κ3) is 5.81. The van der Waals surface area contributed by atoms with Crippen LogP contribution in [0.5, 0.6) is 0 Å². The Kier molecular flexibility index (Phi) is 6.87. The third-order valence-electron chi connectivity index (χ3n) is 2.95. The van der Waals surface area contributed by atoms with Gasteiger partial charge in [0.25, 0.3) is 0 Å². The van der Waals surface area contributed by atoms with Crippen molar-refractivity contribution in [3.8, 4) is 0 Å². The number of oxime groups is 1. The third-order valence-corrected chi connectivity index (χ3v) is 3.56. The maximum Gasteiger partial charge on any atom is 0.341 e. The van der Waals surface area contributed by atoms with Gasteiger partial charge in [0.1, 0.15) is 5.82 Å². The summed E-state index contributed by atoms with van der Waals surface area (Å²) in [6, 6.07) is 3.20. The van der Waals surface area contributed by atoms with E-state index in [1.54, 1.807) is 0 Å². The predicted octanol–water partition coefficient (Wildman–Crippen LogP) is 0.614. The number of halogens is 2. The Morgan fingerprint density at radius 2 is 2.11 bits per heavy atom. The highest BCUT2D eigenvalue weighted by atomic mass is 79.9. The Bertz CT molecular complexity index is 870. The van der Waals surface area contributed by atoms with Crippen LogP contribution in [0.4, 0.5) is 20.7 Å². The number of aromatic nitrogens is 2. The molecule has 2 aromatic rings. The number of benzene rings is 1. The zero-order chi connectivity index (χ0) is 19.8. The summed E-state index contributed by atoms with van der Waals surface area (Å²) in [7, 11) is 0. The molecule has 12 nitrogen and oxygen atoms in total. The summed E-state index contributed by atoms with van der Waals surface area (Å²) in [5.74, 6) is -0.493. The van der Waals surface area contributed by atoms with Crippen molar-refractivity contribution in [1.29, 1.82) is 0 Å². The number of hydrogen-bond acceptors (Lipinski definition) is 7. The van der Waals surface area contributed by atoms with Crippen molar-refractivity contribution in [3.05, 3.63) is 34.2 Å². The molecular weight excluding hydrogens is 429 g/mol. The number of carbonyl (C=O) groups is 1. The highest BCUT2D eigenvalue weighted by molar-refractivity contribution is 9.10. The molecule has 0 saturated carbocycles. The molecule has 2 amide bonds. The van der Waals surface area contributed by atoms with Gasteiger partial charge in [0.2, 0.25) is 11.7 Å². The van der Waals surface area contributed by atoms with Crippen LogP contribution in [0.3, 0.4) is 0 Å². The average Bonchev–Trinajstić information content (AvgIpc) is 3.07. The number of nitrogens with one attached hydrogen (secondary N) is 3. The second-order valence-corrected chi connectivity index (χ2v) is 5.71. The molecule has 0 aliphatic carbocycles. The van der Waals surface area contributed by atoms with E-state index in [1.165, 1.54) is 18.2 Å². The number of nitrogens with two attached hydrogens (primary N) is 2. The average molecular weight is 444 g/mol. The number of carbonyl (C=O) groups excluding carboxylic acids is 1. The SMILES string of the molecule is NC(=O)/N=C(\N)NCCNc1nonc1/C(=N/O)Nc1ccc(F)c(Br)c1. The van der Waals surface area contributed by atoms with Crippen molar-refractivity contribution in [2.75, 3.05) is 23.7 Å². The minimum absolute atomic E-state index is 0.0803. The summed E-state index contributed by atoms with van der Waals surface area (Å²) in [5, 5.41) is 28.0. The van der Waals surface area contributed by atoms with Crippen LogP contribution in [0, 0.1) is 5.82 Å². The fraction of sp³-hybridized carbons (Fsp3) is 0.154. The number of primary amides is 1. The number of amides is 2. The van der Waals surface area contributed by atoms with E-state index in [0.29, 0.717) is 5.69 Å². The first-order valence-corrected chi connectivity index (χ1v) is 8.08. The normalized spacial score (nSPS) is 11.9. The van der Waals surface area contributed by atoms with Crippen LogP contribution in [0.2, 0.25) is 0 Å². The molecule has 27 heavy (non-hydrogen) atoms. The molecule has 1 aromatic heterocycles. The summed E-state index contributed by atoms with van der Waals surface area (Å²) in [6.45, 7) is 0.538. The Morgan fingerprint density at radius 1 is 1.33 bits per heavy atom. The maximum absolute atomic E-state index is 13.3. The lowest BCUT2D eigenvalue weighted by atomic mass is 10.3. The molecule has 0 aliphatic heterocycles. The van der Waals surface area contributed by atoms with E-state index in [0.717, 1.165) is 0 Å². The van der Waals surface area contributed by atoms with Crippen LogP contribution in [0.15, 0.2) is 37.4 Å². The molecule has 1 heterocycles. The molecule has 144 valence electrons. The lowest BCUT2D eigenvalue weighted by Crippen LogP contribution is -2.36. The summed E-state index contributed by atoms with van der Waals surface area (Å²) < 4.78 is 18.2. The van der Waals surface area contributed by atoms with Crippen LogP contribution in [0.1, 0.15) is 5.69 Å². The van der Waals surface area contributed by atoms with E-state index >= 15 is 0 Å². The van der Waals surface area contributed by atoms with Crippen molar-refractivity contribution in [1.82, 2.24) is 15.6 Å². The zero-order valence-corrected chi connectivity index (χ0v) is 15.2. The molecule has 8 N–H and O–H groups in total. The van der Waals surface area contributed by atoms with Gasteiger partial charge in [0, 0.05) is 18.8 Å². The number of hydrogen-bond donors (Lipinski definition) is 6. The topological polar surface area (TPSA) is 189 Å². The Morgan fingerprint density at radius 3 is 2.78 bits per heavy atom. The summed E-state index contributed by atoms with van der Waals surface area (Å²) in [6.07, 6.45) is 0. The van der Waals surface area contributed by atoms with Gasteiger partial charge in [-0.1, -0.05) is 5.16 Å². The number of nitrogens with zero attached hydrogens (tertiary/aromatic N) is 4. The van der Waals surface area contributed by atoms with Gasteiger partial charge in [0.15, 0.2) is 11.7 Å². The van der Waals surface area contributed by atoms with Crippen molar-refractivity contribution in [3.63, 3.8) is 0 Å². The van der Waals surface area contributed by atoms with Gasteiger partial charge in [-0.3, -0.25) is 0 Å². The van der Waals surface area contributed by atoms with E-state index in [4.69, 9.17) is 11.5 Å². The van der Waals surface area contributed by atoms with Crippen molar-refractivity contribution >= 4 is 45.3 Å². The Labute approximate surface area is 160 Å². The monoisotopic (exact) mass is 443 g/mol. The van der Waals surface area contributed by atoms with Crippen LogP contribution >= 0.6 is 15.9 Å². The summed E-state index contributed by atoms with van der Waals surface area (Å²) in [4.78, 5) is 13.9. The number of guanidine groups is 1.